The van der Waals surface area contributed by atoms with Gasteiger partial charge in [0.1, 0.15) is 24.1 Å². The summed E-state index contributed by atoms with van der Waals surface area (Å²) in [4.78, 5) is 35.3. The van der Waals surface area contributed by atoms with Gasteiger partial charge in [-0.3, -0.25) is 19.5 Å². The largest absolute Gasteiger partial charge is 0.387 e. The van der Waals surface area contributed by atoms with Crippen molar-refractivity contribution in [3.05, 3.63) is 52.1 Å². The van der Waals surface area contributed by atoms with E-state index in [-0.39, 0.29) is 17.4 Å². The molecule has 1 saturated heterocycles. The molecular weight excluding hydrogens is 516 g/mol. The number of nitrogen functional groups attached to an aromatic ring is 1. The molecule has 14 nitrogen and oxygen atoms in total. The molecule has 2 aliphatic rings. The number of carbonyl (C=O) groups excluding carboxylic acids is 1. The molecule has 1 amide bonds. The number of nitrogens with one attached hydrogen (secondary N) is 2. The van der Waals surface area contributed by atoms with E-state index in [1.807, 2.05) is 0 Å². The number of amides is 1. The third kappa shape index (κ3) is 5.28. The highest BCUT2D eigenvalue weighted by Gasteiger charge is 2.44. The number of rotatable bonds is 9. The van der Waals surface area contributed by atoms with Crippen LogP contribution < -0.4 is 16.4 Å². The summed E-state index contributed by atoms with van der Waals surface area (Å²) in [6.07, 6.45) is 0.261. The minimum atomic E-state index is -1.16. The zero-order chi connectivity index (χ0) is 26.8. The average Bonchev–Trinajstić information content (AvgIpc) is 3.47. The van der Waals surface area contributed by atoms with Crippen LogP contribution in [0.15, 0.2) is 30.9 Å². The van der Waals surface area contributed by atoms with E-state index in [1.54, 1.807) is 28.5 Å². The van der Waals surface area contributed by atoms with Crippen LogP contribution >= 0.6 is 11.8 Å². The second kappa shape index (κ2) is 11.2. The molecule has 0 saturated carbocycles. The summed E-state index contributed by atoms with van der Waals surface area (Å²) < 4.78 is 7.48. The predicted molar refractivity (Wildman–Crippen MR) is 138 cm³/mol. The van der Waals surface area contributed by atoms with E-state index in [0.29, 0.717) is 42.8 Å². The van der Waals surface area contributed by atoms with Crippen LogP contribution in [0.1, 0.15) is 23.8 Å². The molecule has 1 unspecified atom stereocenters. The number of nitro benzene ring substituents is 1. The fourth-order valence-corrected chi connectivity index (χ4v) is 5.68. The third-order valence-corrected chi connectivity index (χ3v) is 7.87. The number of imidazole rings is 1. The highest BCUT2D eigenvalue weighted by Crippen LogP contribution is 2.33. The highest BCUT2D eigenvalue weighted by atomic mass is 32.2. The number of anilines is 1. The Kier molecular flexibility index (Phi) is 7.71. The van der Waals surface area contributed by atoms with Gasteiger partial charge in [0.05, 0.1) is 23.4 Å². The lowest BCUT2D eigenvalue weighted by Crippen LogP contribution is -2.47. The first kappa shape index (κ1) is 26.2. The van der Waals surface area contributed by atoms with Crippen LogP contribution in [0.2, 0.25) is 0 Å². The first-order chi connectivity index (χ1) is 18.3. The predicted octanol–water partition coefficient (Wildman–Crippen LogP) is -0.110. The molecule has 202 valence electrons. The Morgan fingerprint density at radius 1 is 1.29 bits per heavy atom. The summed E-state index contributed by atoms with van der Waals surface area (Å²) in [5, 5.41) is 38.1. The Bertz CT molecular complexity index is 1340. The molecule has 1 aromatic carbocycles. The molecule has 2 aromatic heterocycles. The van der Waals surface area contributed by atoms with E-state index in [9.17, 15) is 25.1 Å². The number of aromatic nitrogens is 4. The Labute approximate surface area is 221 Å². The lowest BCUT2D eigenvalue weighted by atomic mass is 9.95. The number of nitro groups is 1. The van der Waals surface area contributed by atoms with Gasteiger partial charge in [-0.2, -0.15) is 11.8 Å². The minimum absolute atomic E-state index is 0.0430. The number of hydrogen-bond donors (Lipinski definition) is 5. The van der Waals surface area contributed by atoms with Gasteiger partial charge in [-0.05, 0) is 29.7 Å². The summed E-state index contributed by atoms with van der Waals surface area (Å²) in [6.45, 7) is 0.884. The van der Waals surface area contributed by atoms with Gasteiger partial charge < -0.3 is 31.3 Å². The zero-order valence-electron chi connectivity index (χ0n) is 20.3. The van der Waals surface area contributed by atoms with Crippen molar-refractivity contribution in [1.29, 1.82) is 0 Å². The summed E-state index contributed by atoms with van der Waals surface area (Å²) in [5.74, 6) is 1.28. The number of benzene rings is 1. The van der Waals surface area contributed by atoms with Crippen molar-refractivity contribution in [2.75, 3.05) is 23.8 Å². The number of non-ortho nitro benzene ring substituents is 1. The van der Waals surface area contributed by atoms with Crippen molar-refractivity contribution in [3.63, 3.8) is 0 Å². The number of thioether (sulfide) groups is 1. The standard InChI is InChI=1S/C23H28N8O6S/c24-20-17-21(28-10-27-20)30(11-29-17)23-19(33)18(32)16(37-23)9-38-5-1-4-25-22(34)15-7-12-2-3-14(31(35)36)6-13(12)8-26-15/h2-3,6,10-11,15-16,18-19,23,26,32-33H,1,4-5,7-9H2,(H,25,34)(H2,24,27,28)/t15?,16-,18-,19-,23-/m1/s1. The Balaban J connectivity index is 1.04. The molecule has 2 aliphatic heterocycles. The van der Waals surface area contributed by atoms with E-state index in [2.05, 4.69) is 25.6 Å². The van der Waals surface area contributed by atoms with Crippen molar-refractivity contribution in [2.45, 2.75) is 50.0 Å². The van der Waals surface area contributed by atoms with Crippen molar-refractivity contribution in [3.8, 4) is 0 Å². The van der Waals surface area contributed by atoms with Crippen LogP contribution in [0, 0.1) is 10.1 Å². The normalized spacial score (nSPS) is 24.8. The van der Waals surface area contributed by atoms with Gasteiger partial charge in [0, 0.05) is 31.0 Å². The van der Waals surface area contributed by atoms with Gasteiger partial charge in [-0.25, -0.2) is 15.0 Å². The van der Waals surface area contributed by atoms with Crippen LogP contribution in [-0.2, 0) is 22.5 Å². The number of fused-ring (bicyclic) bond motifs is 2. The minimum Gasteiger partial charge on any atom is -0.387 e. The van der Waals surface area contributed by atoms with Gasteiger partial charge >= 0.3 is 0 Å². The molecule has 0 bridgehead atoms. The summed E-state index contributed by atoms with van der Waals surface area (Å²) in [7, 11) is 0. The van der Waals surface area contributed by atoms with Crippen LogP contribution in [-0.4, -0.2) is 83.0 Å². The molecular formula is C23H28N8O6S. The summed E-state index contributed by atoms with van der Waals surface area (Å²) in [6, 6.07) is 4.33. The number of ether oxygens (including phenoxy) is 1. The molecule has 6 N–H and O–H groups in total. The second-order valence-corrected chi connectivity index (χ2v) is 10.3. The molecule has 5 rings (SSSR count). The maximum absolute atomic E-state index is 12.6. The number of aliphatic hydroxyl groups excluding tert-OH is 2. The van der Waals surface area contributed by atoms with E-state index >= 15 is 0 Å². The first-order valence-electron chi connectivity index (χ1n) is 12.1. The first-order valence-corrected chi connectivity index (χ1v) is 13.3. The van der Waals surface area contributed by atoms with Crippen molar-refractivity contribution in [2.24, 2.45) is 0 Å². The van der Waals surface area contributed by atoms with Crippen molar-refractivity contribution >= 4 is 40.3 Å². The molecule has 3 aromatic rings. The zero-order valence-corrected chi connectivity index (χ0v) is 21.1. The lowest BCUT2D eigenvalue weighted by Gasteiger charge is -2.25. The quantitative estimate of drug-likeness (QED) is 0.136. The fraction of sp³-hybridized carbons (Fsp3) is 0.478. The highest BCUT2D eigenvalue weighted by molar-refractivity contribution is 7.99. The van der Waals surface area contributed by atoms with Crippen LogP contribution in [0.3, 0.4) is 0 Å². The Hall–Kier alpha value is -3.37. The summed E-state index contributed by atoms with van der Waals surface area (Å²) in [5.41, 5.74) is 8.44. The van der Waals surface area contributed by atoms with Gasteiger partial charge in [-0.1, -0.05) is 6.07 Å². The van der Waals surface area contributed by atoms with E-state index in [4.69, 9.17) is 10.5 Å². The van der Waals surface area contributed by atoms with Crippen LogP contribution in [0.5, 0.6) is 0 Å². The van der Waals surface area contributed by atoms with Crippen LogP contribution in [0.4, 0.5) is 11.5 Å². The number of carbonyl (C=O) groups is 1. The third-order valence-electron chi connectivity index (χ3n) is 6.73. The maximum atomic E-state index is 12.6. The molecule has 15 heteroatoms. The number of nitrogens with two attached hydrogens (primary N) is 1. The van der Waals surface area contributed by atoms with Gasteiger partial charge in [0.2, 0.25) is 5.91 Å². The lowest BCUT2D eigenvalue weighted by molar-refractivity contribution is -0.384. The molecule has 0 radical (unpaired) electrons. The maximum Gasteiger partial charge on any atom is 0.269 e. The Morgan fingerprint density at radius 2 is 2.13 bits per heavy atom. The molecule has 1 fully saturated rings. The fourth-order valence-electron chi connectivity index (χ4n) is 4.66. The molecule has 4 heterocycles. The van der Waals surface area contributed by atoms with E-state index < -0.39 is 35.5 Å². The van der Waals surface area contributed by atoms with Gasteiger partial charge in [0.25, 0.3) is 5.69 Å². The summed E-state index contributed by atoms with van der Waals surface area (Å²) >= 11 is 1.55. The van der Waals surface area contributed by atoms with Crippen molar-refractivity contribution in [1.82, 2.24) is 30.2 Å². The van der Waals surface area contributed by atoms with E-state index in [0.717, 1.165) is 16.9 Å². The van der Waals surface area contributed by atoms with E-state index in [1.165, 1.54) is 18.7 Å². The Morgan fingerprint density at radius 3 is 2.95 bits per heavy atom. The van der Waals surface area contributed by atoms with Gasteiger partial charge in [0.15, 0.2) is 17.7 Å². The molecule has 38 heavy (non-hydrogen) atoms. The monoisotopic (exact) mass is 544 g/mol. The average molecular weight is 545 g/mol. The molecule has 0 spiro atoms. The van der Waals surface area contributed by atoms with Gasteiger partial charge in [-0.15, -0.1) is 0 Å². The number of nitrogens with zero attached hydrogens (tertiary/aromatic N) is 5. The van der Waals surface area contributed by atoms with Crippen molar-refractivity contribution < 1.29 is 24.7 Å². The smallest absolute Gasteiger partial charge is 0.269 e. The molecule has 0 aliphatic carbocycles. The van der Waals surface area contributed by atoms with Crippen LogP contribution in [0.25, 0.3) is 11.2 Å². The SMILES string of the molecule is Nc1ncnc2c1ncn2[C@@H]1O[C@H](CSCCCNC(=O)C2Cc3ccc([N+](=O)[O-])cc3CN2)[C@@H](O)[C@H]1O. The number of aliphatic hydroxyl groups is 2. The topological polar surface area (TPSA) is 204 Å². The number of hydrogen-bond acceptors (Lipinski definition) is 12. The second-order valence-electron chi connectivity index (χ2n) is 9.20. The molecule has 5 atom stereocenters.